The van der Waals surface area contributed by atoms with E-state index in [0.717, 1.165) is 26.9 Å². The molecule has 3 rings (SSSR count). The van der Waals surface area contributed by atoms with Crippen molar-refractivity contribution in [1.82, 2.24) is 0 Å². The van der Waals surface area contributed by atoms with E-state index in [0.29, 0.717) is 5.75 Å². The van der Waals surface area contributed by atoms with Crippen LogP contribution in [0.3, 0.4) is 0 Å². The highest BCUT2D eigenvalue weighted by atomic mass is 79.9. The van der Waals surface area contributed by atoms with Gasteiger partial charge in [-0.2, -0.15) is 0 Å². The Kier molecular flexibility index (Phi) is 7.26. The zero-order chi connectivity index (χ0) is 23.7. The summed E-state index contributed by atoms with van der Waals surface area (Å²) in [7, 11) is 1.69. The number of allylic oxidation sites excluding steroid dienone is 1. The predicted octanol–water partition coefficient (Wildman–Crippen LogP) is 8.63. The third kappa shape index (κ3) is 5.47. The highest BCUT2D eigenvalue weighted by Crippen LogP contribution is 2.43. The van der Waals surface area contributed by atoms with Gasteiger partial charge in [-0.3, -0.25) is 0 Å². The minimum atomic E-state index is -0.181. The molecule has 0 aliphatic heterocycles. The molecule has 0 fully saturated rings. The number of phenols is 1. The summed E-state index contributed by atoms with van der Waals surface area (Å²) in [5, 5.41) is 13.3. The zero-order valence-corrected chi connectivity index (χ0v) is 22.4. The third-order valence-corrected chi connectivity index (χ3v) is 7.51. The van der Waals surface area contributed by atoms with E-state index in [1.165, 1.54) is 10.4 Å². The fraction of sp³-hybridized carbons (Fsp3) is 0.357. The molecule has 0 amide bonds. The number of methoxy groups -OCH3 is 1. The van der Waals surface area contributed by atoms with Crippen molar-refractivity contribution in [3.63, 3.8) is 0 Å². The Balaban J connectivity index is 2.27. The topological polar surface area (TPSA) is 29.5 Å². The average molecular weight is 514 g/mol. The van der Waals surface area contributed by atoms with Gasteiger partial charge >= 0.3 is 0 Å². The Bertz CT molecular complexity index is 1050. The first kappa shape index (κ1) is 24.6. The molecule has 0 aliphatic carbocycles. The Labute approximate surface area is 205 Å². The number of benzene rings is 2. The van der Waals surface area contributed by atoms with Crippen LogP contribution < -0.4 is 4.74 Å². The van der Waals surface area contributed by atoms with Crippen LogP contribution in [-0.4, -0.2) is 12.2 Å². The van der Waals surface area contributed by atoms with Crippen LogP contribution in [-0.2, 0) is 10.8 Å². The van der Waals surface area contributed by atoms with E-state index in [2.05, 4.69) is 105 Å². The SMILES string of the molecule is COc1ccc(C(C=C(Br)c2cccs2)c2cc(C(C)(C)C)c(O)c(C(C)(C)C)c2)cc1. The summed E-state index contributed by atoms with van der Waals surface area (Å²) >= 11 is 5.53. The van der Waals surface area contributed by atoms with Crippen LogP contribution in [0.25, 0.3) is 4.48 Å². The summed E-state index contributed by atoms with van der Waals surface area (Å²) in [5.74, 6) is 1.26. The van der Waals surface area contributed by atoms with Gasteiger partial charge in [-0.05, 0) is 72.6 Å². The monoisotopic (exact) mass is 512 g/mol. The van der Waals surface area contributed by atoms with Crippen LogP contribution in [0.4, 0.5) is 0 Å². The number of phenolic OH excluding ortho intramolecular Hbond substituents is 1. The van der Waals surface area contributed by atoms with Gasteiger partial charge in [0.05, 0.1) is 7.11 Å². The smallest absolute Gasteiger partial charge is 0.123 e. The van der Waals surface area contributed by atoms with Crippen molar-refractivity contribution in [3.8, 4) is 11.5 Å². The lowest BCUT2D eigenvalue weighted by Crippen LogP contribution is -2.18. The quantitative estimate of drug-likeness (QED) is 0.370. The van der Waals surface area contributed by atoms with Gasteiger partial charge < -0.3 is 9.84 Å². The second-order valence-corrected chi connectivity index (χ2v) is 12.0. The van der Waals surface area contributed by atoms with E-state index in [-0.39, 0.29) is 16.7 Å². The standard InChI is InChI=1S/C28H33BrO2S/c1-27(2,3)22-15-19(16-23(26(22)30)28(4,5)6)21(17-24(29)25-9-8-14-32-25)18-10-12-20(31-7)13-11-18/h8-17,21,30H,1-7H3. The van der Waals surface area contributed by atoms with Gasteiger partial charge in [0.15, 0.2) is 0 Å². The van der Waals surface area contributed by atoms with Crippen molar-refractivity contribution < 1.29 is 9.84 Å². The molecule has 2 nitrogen and oxygen atoms in total. The van der Waals surface area contributed by atoms with Crippen molar-refractivity contribution in [1.29, 1.82) is 0 Å². The largest absolute Gasteiger partial charge is 0.507 e. The van der Waals surface area contributed by atoms with Gasteiger partial charge in [0.25, 0.3) is 0 Å². The summed E-state index contributed by atoms with van der Waals surface area (Å²) in [6.07, 6.45) is 2.26. The molecule has 0 spiro atoms. The summed E-state index contributed by atoms with van der Waals surface area (Å²) in [4.78, 5) is 1.19. The molecule has 0 saturated carbocycles. The number of rotatable bonds is 5. The molecular formula is C28H33BrO2S. The highest BCUT2D eigenvalue weighted by Gasteiger charge is 2.28. The van der Waals surface area contributed by atoms with E-state index < -0.39 is 0 Å². The Morgan fingerprint density at radius 3 is 1.94 bits per heavy atom. The van der Waals surface area contributed by atoms with E-state index in [9.17, 15) is 5.11 Å². The fourth-order valence-corrected chi connectivity index (χ4v) is 5.14. The maximum Gasteiger partial charge on any atom is 0.123 e. The third-order valence-electron chi connectivity index (χ3n) is 5.65. The molecule has 3 aromatic rings. The molecule has 1 aromatic heterocycles. The molecule has 0 radical (unpaired) electrons. The average Bonchev–Trinajstić information content (AvgIpc) is 3.26. The van der Waals surface area contributed by atoms with Gasteiger partial charge in [-0.15, -0.1) is 11.3 Å². The molecule has 0 saturated heterocycles. The van der Waals surface area contributed by atoms with E-state index in [4.69, 9.17) is 4.74 Å². The molecule has 0 aliphatic rings. The van der Waals surface area contributed by atoms with Crippen molar-refractivity contribution in [2.75, 3.05) is 7.11 Å². The molecule has 2 aromatic carbocycles. The molecule has 1 heterocycles. The molecule has 1 unspecified atom stereocenters. The lowest BCUT2D eigenvalue weighted by molar-refractivity contribution is 0.414. The van der Waals surface area contributed by atoms with E-state index >= 15 is 0 Å². The molecule has 1 atom stereocenters. The second kappa shape index (κ2) is 9.44. The maximum atomic E-state index is 11.2. The fourth-order valence-electron chi connectivity index (χ4n) is 3.82. The number of aromatic hydroxyl groups is 1. The Hall–Kier alpha value is -2.04. The Morgan fingerprint density at radius 2 is 1.50 bits per heavy atom. The number of halogens is 1. The predicted molar refractivity (Wildman–Crippen MR) is 142 cm³/mol. The molecule has 4 heteroatoms. The van der Waals surface area contributed by atoms with Gasteiger partial charge in [-0.1, -0.05) is 78.0 Å². The van der Waals surface area contributed by atoms with Crippen LogP contribution in [0.2, 0.25) is 0 Å². The van der Waals surface area contributed by atoms with Crippen LogP contribution >= 0.6 is 27.3 Å². The summed E-state index contributed by atoms with van der Waals surface area (Å²) in [5.41, 5.74) is 3.91. The molecule has 32 heavy (non-hydrogen) atoms. The lowest BCUT2D eigenvalue weighted by Gasteiger charge is -2.29. The first-order valence-corrected chi connectivity index (χ1v) is 12.5. The van der Waals surface area contributed by atoms with Crippen molar-refractivity contribution in [2.24, 2.45) is 0 Å². The van der Waals surface area contributed by atoms with Crippen LogP contribution in [0, 0.1) is 0 Å². The summed E-state index contributed by atoms with van der Waals surface area (Å²) in [6, 6.07) is 16.8. The second-order valence-electron chi connectivity index (χ2n) is 10.2. The van der Waals surface area contributed by atoms with Gasteiger partial charge in [0, 0.05) is 15.3 Å². The van der Waals surface area contributed by atoms with Gasteiger partial charge in [0.2, 0.25) is 0 Å². The number of hydrogen-bond acceptors (Lipinski definition) is 3. The summed E-state index contributed by atoms with van der Waals surface area (Å²) < 4.78 is 6.45. The van der Waals surface area contributed by atoms with E-state index in [1.54, 1.807) is 18.4 Å². The van der Waals surface area contributed by atoms with Crippen LogP contribution in [0.15, 0.2) is 60.0 Å². The van der Waals surface area contributed by atoms with Gasteiger partial charge in [0.1, 0.15) is 11.5 Å². The maximum absolute atomic E-state index is 11.2. The van der Waals surface area contributed by atoms with Gasteiger partial charge in [-0.25, -0.2) is 0 Å². The Morgan fingerprint density at radius 1 is 0.938 bits per heavy atom. The molecule has 170 valence electrons. The highest BCUT2D eigenvalue weighted by molar-refractivity contribution is 9.15. The first-order valence-electron chi connectivity index (χ1n) is 10.8. The van der Waals surface area contributed by atoms with Crippen LogP contribution in [0.1, 0.15) is 74.6 Å². The van der Waals surface area contributed by atoms with Crippen LogP contribution in [0.5, 0.6) is 11.5 Å². The molecule has 1 N–H and O–H groups in total. The molecule has 0 bridgehead atoms. The zero-order valence-electron chi connectivity index (χ0n) is 20.0. The summed E-state index contributed by atoms with van der Waals surface area (Å²) in [6.45, 7) is 12.9. The van der Waals surface area contributed by atoms with Crippen molar-refractivity contribution >= 4 is 31.7 Å². The van der Waals surface area contributed by atoms with Crippen molar-refractivity contribution in [2.45, 2.75) is 58.3 Å². The lowest BCUT2D eigenvalue weighted by atomic mass is 9.76. The number of thiophene rings is 1. The number of ether oxygens (including phenoxy) is 1. The van der Waals surface area contributed by atoms with E-state index in [1.807, 2.05) is 12.1 Å². The molecular weight excluding hydrogens is 480 g/mol. The number of hydrogen-bond donors (Lipinski definition) is 1. The minimum Gasteiger partial charge on any atom is -0.507 e. The normalized spacial score (nSPS) is 13.8. The first-order chi connectivity index (χ1) is 14.9. The van der Waals surface area contributed by atoms with Crippen molar-refractivity contribution in [3.05, 3.63) is 87.1 Å². The minimum absolute atomic E-state index is 0.0141.